The zero-order valence-electron chi connectivity index (χ0n) is 10.3. The Balaban J connectivity index is 2.11. The Morgan fingerprint density at radius 1 is 1.00 bits per heavy atom. The zero-order valence-corrected chi connectivity index (χ0v) is 10.3. The van der Waals surface area contributed by atoms with E-state index in [-0.39, 0.29) is 5.78 Å². The van der Waals surface area contributed by atoms with E-state index in [1.807, 2.05) is 37.3 Å². The van der Waals surface area contributed by atoms with Crippen LogP contribution in [0.5, 0.6) is 0 Å². The number of carbonyl (C=O) groups excluding carboxylic acids is 1. The lowest BCUT2D eigenvalue weighted by Gasteiger charge is -1.97. The lowest BCUT2D eigenvalue weighted by Crippen LogP contribution is -1.94. The van der Waals surface area contributed by atoms with Gasteiger partial charge in [-0.1, -0.05) is 35.9 Å². The summed E-state index contributed by atoms with van der Waals surface area (Å²) in [6, 6.07) is 14.9. The van der Waals surface area contributed by atoms with Crippen molar-refractivity contribution >= 4 is 17.5 Å². The SMILES string of the molecule is Cc1ccc(C=CC(=O)c2ccc(N)cc2)cc1. The van der Waals surface area contributed by atoms with Crippen molar-refractivity contribution in [1.82, 2.24) is 0 Å². The molecule has 0 atom stereocenters. The number of ketones is 1. The second-order valence-electron chi connectivity index (χ2n) is 4.23. The third-order valence-corrected chi connectivity index (χ3v) is 2.70. The number of aryl methyl sites for hydroxylation is 1. The van der Waals surface area contributed by atoms with Gasteiger partial charge in [-0.15, -0.1) is 0 Å². The second-order valence-corrected chi connectivity index (χ2v) is 4.23. The highest BCUT2D eigenvalue weighted by molar-refractivity contribution is 6.06. The van der Waals surface area contributed by atoms with Crippen LogP contribution in [0.25, 0.3) is 6.08 Å². The fourth-order valence-corrected chi connectivity index (χ4v) is 1.59. The third kappa shape index (κ3) is 3.08. The van der Waals surface area contributed by atoms with Crippen LogP contribution in [0, 0.1) is 6.92 Å². The number of nitrogens with two attached hydrogens (primary N) is 1. The molecule has 2 N–H and O–H groups in total. The summed E-state index contributed by atoms with van der Waals surface area (Å²) in [5, 5.41) is 0. The first-order valence-electron chi connectivity index (χ1n) is 5.80. The summed E-state index contributed by atoms with van der Waals surface area (Å²) in [5.41, 5.74) is 9.11. The van der Waals surface area contributed by atoms with Crippen molar-refractivity contribution < 1.29 is 4.79 Å². The molecule has 0 bridgehead atoms. The number of nitrogen functional groups attached to an aromatic ring is 1. The summed E-state index contributed by atoms with van der Waals surface area (Å²) in [6.07, 6.45) is 3.40. The molecular formula is C16H15NO. The molecule has 90 valence electrons. The molecule has 18 heavy (non-hydrogen) atoms. The maximum absolute atomic E-state index is 11.9. The van der Waals surface area contributed by atoms with E-state index in [0.29, 0.717) is 11.3 Å². The van der Waals surface area contributed by atoms with Gasteiger partial charge in [0.1, 0.15) is 0 Å². The van der Waals surface area contributed by atoms with Crippen LogP contribution >= 0.6 is 0 Å². The van der Waals surface area contributed by atoms with E-state index in [1.165, 1.54) is 5.56 Å². The fourth-order valence-electron chi connectivity index (χ4n) is 1.59. The molecule has 2 aromatic rings. The van der Waals surface area contributed by atoms with Crippen LogP contribution in [0.15, 0.2) is 54.6 Å². The van der Waals surface area contributed by atoms with Crippen molar-refractivity contribution in [2.24, 2.45) is 0 Å². The minimum Gasteiger partial charge on any atom is -0.399 e. The van der Waals surface area contributed by atoms with Gasteiger partial charge >= 0.3 is 0 Å². The van der Waals surface area contributed by atoms with Gasteiger partial charge in [-0.25, -0.2) is 0 Å². The van der Waals surface area contributed by atoms with Crippen LogP contribution in [0.2, 0.25) is 0 Å². The van der Waals surface area contributed by atoms with Crippen LogP contribution in [-0.2, 0) is 0 Å². The van der Waals surface area contributed by atoms with Gasteiger partial charge in [0.05, 0.1) is 0 Å². The van der Waals surface area contributed by atoms with E-state index < -0.39 is 0 Å². The van der Waals surface area contributed by atoms with Gasteiger partial charge in [-0.05, 0) is 42.8 Å². The van der Waals surface area contributed by atoms with Crippen molar-refractivity contribution in [3.05, 3.63) is 71.3 Å². The van der Waals surface area contributed by atoms with Crippen molar-refractivity contribution in [3.63, 3.8) is 0 Å². The van der Waals surface area contributed by atoms with Crippen LogP contribution in [0.4, 0.5) is 5.69 Å². The van der Waals surface area contributed by atoms with Crippen molar-refractivity contribution in [1.29, 1.82) is 0 Å². The van der Waals surface area contributed by atoms with Gasteiger partial charge in [0.2, 0.25) is 0 Å². The zero-order chi connectivity index (χ0) is 13.0. The fraction of sp³-hybridized carbons (Fsp3) is 0.0625. The summed E-state index contributed by atoms with van der Waals surface area (Å²) in [7, 11) is 0. The summed E-state index contributed by atoms with van der Waals surface area (Å²) in [5.74, 6) is -0.0180. The molecule has 0 amide bonds. The molecule has 2 heteroatoms. The molecule has 2 rings (SSSR count). The number of benzene rings is 2. The third-order valence-electron chi connectivity index (χ3n) is 2.70. The van der Waals surface area contributed by atoms with Crippen molar-refractivity contribution in [2.45, 2.75) is 6.92 Å². The summed E-state index contributed by atoms with van der Waals surface area (Å²) >= 11 is 0. The predicted molar refractivity (Wildman–Crippen MR) is 75.4 cm³/mol. The second kappa shape index (κ2) is 5.32. The Kier molecular flexibility index (Phi) is 3.58. The molecule has 0 aliphatic heterocycles. The van der Waals surface area contributed by atoms with Crippen molar-refractivity contribution in [2.75, 3.05) is 5.73 Å². The average molecular weight is 237 g/mol. The molecule has 0 spiro atoms. The Morgan fingerprint density at radius 3 is 2.22 bits per heavy atom. The normalized spacial score (nSPS) is 10.7. The summed E-state index contributed by atoms with van der Waals surface area (Å²) < 4.78 is 0. The maximum Gasteiger partial charge on any atom is 0.185 e. The molecule has 0 heterocycles. The standard InChI is InChI=1S/C16H15NO/c1-12-2-4-13(5-3-12)6-11-16(18)14-7-9-15(17)10-8-14/h2-11H,17H2,1H3. The smallest absolute Gasteiger partial charge is 0.185 e. The number of hydrogen-bond donors (Lipinski definition) is 1. The number of allylic oxidation sites excluding steroid dienone is 1. The topological polar surface area (TPSA) is 43.1 Å². The first-order chi connectivity index (χ1) is 8.65. The maximum atomic E-state index is 11.9. The van der Waals surface area contributed by atoms with E-state index in [9.17, 15) is 4.79 Å². The van der Waals surface area contributed by atoms with Crippen LogP contribution < -0.4 is 5.73 Å². The molecule has 0 saturated heterocycles. The van der Waals surface area contributed by atoms with Gasteiger partial charge in [0, 0.05) is 11.3 Å². The highest BCUT2D eigenvalue weighted by Crippen LogP contribution is 2.09. The molecule has 2 nitrogen and oxygen atoms in total. The predicted octanol–water partition coefficient (Wildman–Crippen LogP) is 3.47. The number of hydrogen-bond acceptors (Lipinski definition) is 2. The van der Waals surface area contributed by atoms with E-state index in [1.54, 1.807) is 30.3 Å². The van der Waals surface area contributed by atoms with E-state index in [4.69, 9.17) is 5.73 Å². The highest BCUT2D eigenvalue weighted by atomic mass is 16.1. The molecule has 0 saturated carbocycles. The molecule has 0 fully saturated rings. The van der Waals surface area contributed by atoms with Crippen LogP contribution in [0.3, 0.4) is 0 Å². The van der Waals surface area contributed by atoms with Gasteiger partial charge in [-0.3, -0.25) is 4.79 Å². The van der Waals surface area contributed by atoms with E-state index >= 15 is 0 Å². The lowest BCUT2D eigenvalue weighted by molar-refractivity contribution is 0.104. The van der Waals surface area contributed by atoms with Gasteiger partial charge < -0.3 is 5.73 Å². The molecule has 0 unspecified atom stereocenters. The molecule has 0 aliphatic rings. The molecule has 0 radical (unpaired) electrons. The molecular weight excluding hydrogens is 222 g/mol. The van der Waals surface area contributed by atoms with Gasteiger partial charge in [0.15, 0.2) is 5.78 Å². The van der Waals surface area contributed by atoms with Gasteiger partial charge in [-0.2, -0.15) is 0 Å². The first-order valence-corrected chi connectivity index (χ1v) is 5.80. The Bertz CT molecular complexity index is 565. The Labute approximate surface area is 107 Å². The monoisotopic (exact) mass is 237 g/mol. The van der Waals surface area contributed by atoms with Crippen molar-refractivity contribution in [3.8, 4) is 0 Å². The highest BCUT2D eigenvalue weighted by Gasteiger charge is 2.00. The Hall–Kier alpha value is -2.35. The molecule has 0 aliphatic carbocycles. The van der Waals surface area contributed by atoms with Crippen LogP contribution in [-0.4, -0.2) is 5.78 Å². The summed E-state index contributed by atoms with van der Waals surface area (Å²) in [6.45, 7) is 2.03. The van der Waals surface area contributed by atoms with Gasteiger partial charge in [0.25, 0.3) is 0 Å². The largest absolute Gasteiger partial charge is 0.399 e. The van der Waals surface area contributed by atoms with Crippen LogP contribution in [0.1, 0.15) is 21.5 Å². The lowest BCUT2D eigenvalue weighted by atomic mass is 10.1. The average Bonchev–Trinajstić information content (AvgIpc) is 2.38. The van der Waals surface area contributed by atoms with E-state index in [0.717, 1.165) is 5.56 Å². The quantitative estimate of drug-likeness (QED) is 0.504. The number of carbonyl (C=O) groups is 1. The molecule has 0 aromatic heterocycles. The minimum absolute atomic E-state index is 0.0180. The number of anilines is 1. The molecule has 2 aromatic carbocycles. The summed E-state index contributed by atoms with van der Waals surface area (Å²) in [4.78, 5) is 11.9. The van der Waals surface area contributed by atoms with E-state index in [2.05, 4.69) is 0 Å². The first kappa shape index (κ1) is 12.1. The number of rotatable bonds is 3. The minimum atomic E-state index is -0.0180. The Morgan fingerprint density at radius 2 is 1.61 bits per heavy atom.